The number of carbonyl (C=O) groups is 2. The van der Waals surface area contributed by atoms with E-state index in [0.29, 0.717) is 25.3 Å². The minimum Gasteiger partial charge on any atom is -0.467 e. The number of carbonyl (C=O) groups excluding carboxylic acids is 2. The normalized spacial score (nSPS) is 25.2. The van der Waals surface area contributed by atoms with E-state index in [1.165, 1.54) is 0 Å². The third-order valence-electron chi connectivity index (χ3n) is 5.01. The monoisotopic (exact) mass is 340 g/mol. The highest BCUT2D eigenvalue weighted by molar-refractivity contribution is 5.89. The maximum atomic E-state index is 12.6. The molecule has 0 bridgehead atoms. The molecule has 6 heteroatoms. The van der Waals surface area contributed by atoms with Gasteiger partial charge in [-0.05, 0) is 23.3 Å². The molecule has 2 amide bonds. The second-order valence-electron chi connectivity index (χ2n) is 6.71. The van der Waals surface area contributed by atoms with Gasteiger partial charge in [-0.2, -0.15) is 0 Å². The van der Waals surface area contributed by atoms with Crippen LogP contribution in [-0.4, -0.2) is 34.5 Å². The Morgan fingerprint density at radius 1 is 1.24 bits per heavy atom. The van der Waals surface area contributed by atoms with Gasteiger partial charge in [0.05, 0.1) is 30.9 Å². The second-order valence-corrected chi connectivity index (χ2v) is 6.71. The number of hydrogen-bond acceptors (Lipinski definition) is 4. The number of nitrogens with one attached hydrogen (secondary N) is 1. The number of fused-ring (bicyclic) bond motifs is 1. The molecule has 0 spiro atoms. The number of aliphatic hydroxyl groups excluding tert-OH is 1. The Labute approximate surface area is 145 Å². The third-order valence-corrected chi connectivity index (χ3v) is 5.01. The molecule has 1 saturated heterocycles. The van der Waals surface area contributed by atoms with Gasteiger partial charge in [0.1, 0.15) is 5.76 Å². The summed E-state index contributed by atoms with van der Waals surface area (Å²) < 4.78 is 5.27. The number of benzene rings is 1. The summed E-state index contributed by atoms with van der Waals surface area (Å²) >= 11 is 0. The molecule has 3 unspecified atom stereocenters. The van der Waals surface area contributed by atoms with Crippen LogP contribution in [0, 0.1) is 5.92 Å². The molecule has 2 aliphatic rings. The maximum absolute atomic E-state index is 12.6. The summed E-state index contributed by atoms with van der Waals surface area (Å²) in [6.07, 6.45) is 1.67. The second kappa shape index (κ2) is 6.37. The van der Waals surface area contributed by atoms with Crippen molar-refractivity contribution in [3.63, 3.8) is 0 Å². The zero-order valence-corrected chi connectivity index (χ0v) is 13.7. The van der Waals surface area contributed by atoms with E-state index in [1.54, 1.807) is 17.2 Å². The molecule has 1 aromatic carbocycles. The Morgan fingerprint density at radius 2 is 2.08 bits per heavy atom. The lowest BCUT2D eigenvalue weighted by Gasteiger charge is -2.20. The number of rotatable bonds is 4. The molecule has 2 heterocycles. The van der Waals surface area contributed by atoms with Crippen LogP contribution in [0.15, 0.2) is 47.1 Å². The van der Waals surface area contributed by atoms with Crippen molar-refractivity contribution in [1.82, 2.24) is 10.2 Å². The highest BCUT2D eigenvalue weighted by atomic mass is 16.3. The molecule has 0 saturated carbocycles. The Kier molecular flexibility index (Phi) is 4.05. The summed E-state index contributed by atoms with van der Waals surface area (Å²) in [5, 5.41) is 13.2. The minimum atomic E-state index is -0.627. The van der Waals surface area contributed by atoms with Gasteiger partial charge < -0.3 is 19.7 Å². The standard InChI is InChI=1S/C19H20N2O4/c22-16-8-12-4-1-2-6-15(12)18(16)20-19(24)13-9-17(23)21(10-13)11-14-5-3-7-25-14/h1-7,13,16,18,22H,8-11H2,(H,20,24). The Balaban J connectivity index is 1.41. The number of aliphatic hydroxyl groups is 1. The highest BCUT2D eigenvalue weighted by Gasteiger charge is 2.38. The first-order valence-electron chi connectivity index (χ1n) is 8.48. The van der Waals surface area contributed by atoms with Crippen molar-refractivity contribution < 1.29 is 19.1 Å². The zero-order chi connectivity index (χ0) is 17.4. The summed E-state index contributed by atoms with van der Waals surface area (Å²) in [6, 6.07) is 10.9. The number of furan rings is 1. The lowest BCUT2D eigenvalue weighted by Crippen LogP contribution is -2.38. The average molecular weight is 340 g/mol. The van der Waals surface area contributed by atoms with Gasteiger partial charge in [-0.25, -0.2) is 0 Å². The van der Waals surface area contributed by atoms with E-state index in [-0.39, 0.29) is 18.2 Å². The van der Waals surface area contributed by atoms with Crippen LogP contribution in [0.2, 0.25) is 0 Å². The van der Waals surface area contributed by atoms with Crippen molar-refractivity contribution in [2.45, 2.75) is 31.5 Å². The topological polar surface area (TPSA) is 82.8 Å². The summed E-state index contributed by atoms with van der Waals surface area (Å²) in [6.45, 7) is 0.750. The van der Waals surface area contributed by atoms with Crippen LogP contribution in [0.3, 0.4) is 0 Å². The van der Waals surface area contributed by atoms with Crippen LogP contribution in [0.4, 0.5) is 0 Å². The molecule has 6 nitrogen and oxygen atoms in total. The van der Waals surface area contributed by atoms with Gasteiger partial charge >= 0.3 is 0 Å². The van der Waals surface area contributed by atoms with Crippen molar-refractivity contribution in [3.05, 3.63) is 59.5 Å². The molecular formula is C19H20N2O4. The van der Waals surface area contributed by atoms with Crippen LogP contribution in [-0.2, 0) is 22.6 Å². The lowest BCUT2D eigenvalue weighted by atomic mass is 10.0. The van der Waals surface area contributed by atoms with Gasteiger partial charge in [0.2, 0.25) is 11.8 Å². The van der Waals surface area contributed by atoms with Crippen molar-refractivity contribution >= 4 is 11.8 Å². The van der Waals surface area contributed by atoms with Gasteiger partial charge in [0, 0.05) is 19.4 Å². The van der Waals surface area contributed by atoms with Gasteiger partial charge in [-0.15, -0.1) is 0 Å². The Hall–Kier alpha value is -2.60. The zero-order valence-electron chi connectivity index (χ0n) is 13.7. The van der Waals surface area contributed by atoms with Gasteiger partial charge in [-0.1, -0.05) is 24.3 Å². The smallest absolute Gasteiger partial charge is 0.225 e. The van der Waals surface area contributed by atoms with Crippen molar-refractivity contribution in [1.29, 1.82) is 0 Å². The van der Waals surface area contributed by atoms with Crippen LogP contribution in [0.5, 0.6) is 0 Å². The maximum Gasteiger partial charge on any atom is 0.225 e. The summed E-state index contributed by atoms with van der Waals surface area (Å²) in [7, 11) is 0. The van der Waals surface area contributed by atoms with Crippen LogP contribution >= 0.6 is 0 Å². The Bertz CT molecular complexity index is 786. The van der Waals surface area contributed by atoms with E-state index >= 15 is 0 Å². The molecule has 130 valence electrons. The SMILES string of the molecule is O=C(NC1c2ccccc2CC1O)C1CC(=O)N(Cc2ccco2)C1. The van der Waals surface area contributed by atoms with Gasteiger partial charge in [-0.3, -0.25) is 9.59 Å². The van der Waals surface area contributed by atoms with E-state index in [9.17, 15) is 14.7 Å². The number of nitrogens with zero attached hydrogens (tertiary/aromatic N) is 1. The molecule has 1 fully saturated rings. The van der Waals surface area contributed by atoms with E-state index in [0.717, 1.165) is 11.1 Å². The molecule has 1 aromatic heterocycles. The first-order valence-corrected chi connectivity index (χ1v) is 8.48. The number of likely N-dealkylation sites (tertiary alicyclic amines) is 1. The van der Waals surface area contributed by atoms with E-state index in [1.807, 2.05) is 30.3 Å². The van der Waals surface area contributed by atoms with E-state index < -0.39 is 18.1 Å². The Morgan fingerprint density at radius 3 is 2.88 bits per heavy atom. The van der Waals surface area contributed by atoms with Crippen molar-refractivity contribution in [3.8, 4) is 0 Å². The molecule has 1 aliphatic carbocycles. The molecular weight excluding hydrogens is 320 g/mol. The number of amides is 2. The molecule has 1 aliphatic heterocycles. The summed E-state index contributed by atoms with van der Waals surface area (Å²) in [5.74, 6) is 0.0666. The predicted molar refractivity (Wildman–Crippen MR) is 89.3 cm³/mol. The largest absolute Gasteiger partial charge is 0.467 e. The van der Waals surface area contributed by atoms with Crippen LogP contribution < -0.4 is 5.32 Å². The van der Waals surface area contributed by atoms with Crippen molar-refractivity contribution in [2.24, 2.45) is 5.92 Å². The van der Waals surface area contributed by atoms with Crippen LogP contribution in [0.1, 0.15) is 29.3 Å². The molecule has 0 radical (unpaired) electrons. The first-order chi connectivity index (χ1) is 12.1. The molecule has 25 heavy (non-hydrogen) atoms. The quantitative estimate of drug-likeness (QED) is 0.881. The fourth-order valence-corrected chi connectivity index (χ4v) is 3.71. The average Bonchev–Trinajstić information content (AvgIpc) is 3.30. The fraction of sp³-hybridized carbons (Fsp3) is 0.368. The van der Waals surface area contributed by atoms with E-state index in [2.05, 4.69) is 5.32 Å². The van der Waals surface area contributed by atoms with Crippen molar-refractivity contribution in [2.75, 3.05) is 6.54 Å². The number of hydrogen-bond donors (Lipinski definition) is 2. The molecule has 4 rings (SSSR count). The molecule has 2 aromatic rings. The third kappa shape index (κ3) is 3.05. The molecule has 2 N–H and O–H groups in total. The van der Waals surface area contributed by atoms with Gasteiger partial charge in [0.15, 0.2) is 0 Å². The van der Waals surface area contributed by atoms with E-state index in [4.69, 9.17) is 4.42 Å². The predicted octanol–water partition coefficient (Wildman–Crippen LogP) is 1.40. The summed E-state index contributed by atoms with van der Waals surface area (Å²) in [5.41, 5.74) is 2.02. The molecule has 3 atom stereocenters. The minimum absolute atomic E-state index is 0.0519. The fourth-order valence-electron chi connectivity index (χ4n) is 3.71. The van der Waals surface area contributed by atoms with Crippen LogP contribution in [0.25, 0.3) is 0 Å². The lowest BCUT2D eigenvalue weighted by molar-refractivity contribution is -0.129. The van der Waals surface area contributed by atoms with Gasteiger partial charge in [0.25, 0.3) is 0 Å². The first kappa shape index (κ1) is 15.9. The highest BCUT2D eigenvalue weighted by Crippen LogP contribution is 2.32. The summed E-state index contributed by atoms with van der Waals surface area (Å²) in [4.78, 5) is 26.4.